The number of hydrogen-bond donors (Lipinski definition) is 0. The Hall–Kier alpha value is -1.65. The van der Waals surface area contributed by atoms with Crippen molar-refractivity contribution in [2.24, 2.45) is 5.92 Å². The summed E-state index contributed by atoms with van der Waals surface area (Å²) in [5.41, 5.74) is 2.51. The average molecular weight is 302 g/mol. The van der Waals surface area contributed by atoms with Crippen LogP contribution in [0.5, 0.6) is 0 Å². The van der Waals surface area contributed by atoms with Gasteiger partial charge in [0, 0.05) is 51.8 Å². The van der Waals surface area contributed by atoms with E-state index in [0.717, 1.165) is 44.8 Å². The lowest BCUT2D eigenvalue weighted by molar-refractivity contribution is 0.151. The zero-order valence-corrected chi connectivity index (χ0v) is 13.0. The highest BCUT2D eigenvalue weighted by molar-refractivity contribution is 5.16. The zero-order valence-electron chi connectivity index (χ0n) is 13.0. The first-order valence-corrected chi connectivity index (χ1v) is 7.84. The first-order valence-electron chi connectivity index (χ1n) is 7.84. The van der Waals surface area contributed by atoms with E-state index >= 15 is 0 Å². The minimum absolute atomic E-state index is 0.175. The molecule has 3 nitrogen and oxygen atoms in total. The Bertz CT molecular complexity index is 593. The fraction of sp³-hybridized carbons (Fsp3) is 0.444. The summed E-state index contributed by atoms with van der Waals surface area (Å²) in [4.78, 5) is 2.45. The SMILES string of the molecule is COCC[C@@H]1CN(Cc2ccc(F)cc2)Cc2cccn2C1. The van der Waals surface area contributed by atoms with Crippen molar-refractivity contribution >= 4 is 0 Å². The third-order valence-electron chi connectivity index (χ3n) is 4.33. The molecule has 2 heterocycles. The van der Waals surface area contributed by atoms with Crippen molar-refractivity contribution in [3.8, 4) is 0 Å². The van der Waals surface area contributed by atoms with Crippen LogP contribution in [0.4, 0.5) is 4.39 Å². The first-order chi connectivity index (χ1) is 10.7. The number of halogens is 1. The van der Waals surface area contributed by atoms with Crippen LogP contribution in [-0.2, 0) is 24.4 Å². The number of hydrogen-bond acceptors (Lipinski definition) is 2. The Morgan fingerprint density at radius 3 is 2.77 bits per heavy atom. The highest BCUT2D eigenvalue weighted by atomic mass is 19.1. The monoisotopic (exact) mass is 302 g/mol. The fourth-order valence-electron chi connectivity index (χ4n) is 3.20. The Morgan fingerprint density at radius 2 is 2.00 bits per heavy atom. The zero-order chi connectivity index (χ0) is 15.4. The van der Waals surface area contributed by atoms with Gasteiger partial charge in [0.1, 0.15) is 5.82 Å². The van der Waals surface area contributed by atoms with Crippen LogP contribution in [0.1, 0.15) is 17.7 Å². The molecule has 0 saturated heterocycles. The summed E-state index contributed by atoms with van der Waals surface area (Å²) in [7, 11) is 1.76. The quantitative estimate of drug-likeness (QED) is 0.843. The molecule has 2 aromatic rings. The molecule has 1 aliphatic rings. The third kappa shape index (κ3) is 3.76. The number of rotatable bonds is 5. The lowest BCUT2D eigenvalue weighted by atomic mass is 10.1. The lowest BCUT2D eigenvalue weighted by Gasteiger charge is -2.24. The maximum Gasteiger partial charge on any atom is 0.123 e. The van der Waals surface area contributed by atoms with E-state index in [0.29, 0.717) is 5.92 Å². The second-order valence-corrected chi connectivity index (χ2v) is 6.10. The summed E-state index contributed by atoms with van der Waals surface area (Å²) in [5, 5.41) is 0. The van der Waals surface area contributed by atoms with Crippen molar-refractivity contribution in [1.29, 1.82) is 0 Å². The number of nitrogens with zero attached hydrogens (tertiary/aromatic N) is 2. The van der Waals surface area contributed by atoms with Gasteiger partial charge in [0.15, 0.2) is 0 Å². The van der Waals surface area contributed by atoms with Crippen molar-refractivity contribution in [2.75, 3.05) is 20.3 Å². The summed E-state index contributed by atoms with van der Waals surface area (Å²) >= 11 is 0. The van der Waals surface area contributed by atoms with Crippen LogP contribution < -0.4 is 0 Å². The molecular formula is C18H23FN2O. The van der Waals surface area contributed by atoms with Crippen LogP contribution in [0.2, 0.25) is 0 Å². The van der Waals surface area contributed by atoms with Gasteiger partial charge in [-0.3, -0.25) is 4.90 Å². The van der Waals surface area contributed by atoms with E-state index in [1.54, 1.807) is 7.11 Å². The molecular weight excluding hydrogens is 279 g/mol. The number of methoxy groups -OCH3 is 1. The van der Waals surface area contributed by atoms with Crippen LogP contribution in [0.15, 0.2) is 42.6 Å². The fourth-order valence-corrected chi connectivity index (χ4v) is 3.20. The molecule has 1 aliphatic heterocycles. The van der Waals surface area contributed by atoms with E-state index in [9.17, 15) is 4.39 Å². The van der Waals surface area contributed by atoms with Crippen LogP contribution in [0, 0.1) is 11.7 Å². The molecule has 0 spiro atoms. The van der Waals surface area contributed by atoms with E-state index in [2.05, 4.69) is 27.8 Å². The van der Waals surface area contributed by atoms with E-state index < -0.39 is 0 Å². The molecule has 0 N–H and O–H groups in total. The molecule has 0 aliphatic carbocycles. The van der Waals surface area contributed by atoms with Crippen molar-refractivity contribution in [3.63, 3.8) is 0 Å². The standard InChI is InChI=1S/C18H23FN2O/c1-22-10-8-16-12-20(11-15-4-6-17(19)7-5-15)14-18-3-2-9-21(18)13-16/h2-7,9,16H,8,10-14H2,1H3/t16-/m1/s1. The molecule has 118 valence electrons. The van der Waals surface area contributed by atoms with Crippen LogP contribution in [-0.4, -0.2) is 29.7 Å². The average Bonchev–Trinajstić information content (AvgIpc) is 2.87. The molecule has 0 amide bonds. The molecule has 1 atom stereocenters. The molecule has 4 heteroatoms. The number of benzene rings is 1. The Labute approximate surface area is 131 Å². The molecule has 0 radical (unpaired) electrons. The van der Waals surface area contributed by atoms with Crippen molar-refractivity contribution in [1.82, 2.24) is 9.47 Å². The summed E-state index contributed by atoms with van der Waals surface area (Å²) in [6.45, 7) is 4.68. The van der Waals surface area contributed by atoms with E-state index in [1.807, 2.05) is 12.1 Å². The van der Waals surface area contributed by atoms with Gasteiger partial charge >= 0.3 is 0 Å². The summed E-state index contributed by atoms with van der Waals surface area (Å²) in [6, 6.07) is 11.1. The summed E-state index contributed by atoms with van der Waals surface area (Å²) < 4.78 is 20.7. The molecule has 0 bridgehead atoms. The Balaban J connectivity index is 1.73. The second-order valence-electron chi connectivity index (χ2n) is 6.10. The Morgan fingerprint density at radius 1 is 1.18 bits per heavy atom. The van der Waals surface area contributed by atoms with Crippen LogP contribution in [0.3, 0.4) is 0 Å². The van der Waals surface area contributed by atoms with Crippen molar-refractivity contribution in [3.05, 3.63) is 59.7 Å². The lowest BCUT2D eigenvalue weighted by Crippen LogP contribution is -2.28. The van der Waals surface area contributed by atoms with E-state index in [-0.39, 0.29) is 5.82 Å². The van der Waals surface area contributed by atoms with Crippen LogP contribution in [0.25, 0.3) is 0 Å². The van der Waals surface area contributed by atoms with Gasteiger partial charge in [-0.05, 0) is 42.2 Å². The van der Waals surface area contributed by atoms with E-state index in [1.165, 1.54) is 17.8 Å². The number of aromatic nitrogens is 1. The number of ether oxygens (including phenoxy) is 1. The number of fused-ring (bicyclic) bond motifs is 1. The predicted octanol–water partition coefficient (Wildman–Crippen LogP) is 3.30. The van der Waals surface area contributed by atoms with Crippen molar-refractivity contribution < 1.29 is 9.13 Å². The molecule has 0 fully saturated rings. The largest absolute Gasteiger partial charge is 0.385 e. The van der Waals surface area contributed by atoms with Gasteiger partial charge in [0.05, 0.1) is 0 Å². The third-order valence-corrected chi connectivity index (χ3v) is 4.33. The van der Waals surface area contributed by atoms with Gasteiger partial charge in [-0.15, -0.1) is 0 Å². The van der Waals surface area contributed by atoms with Gasteiger partial charge in [-0.1, -0.05) is 12.1 Å². The maximum atomic E-state index is 13.1. The predicted molar refractivity (Wildman–Crippen MR) is 84.9 cm³/mol. The van der Waals surface area contributed by atoms with E-state index in [4.69, 9.17) is 4.74 Å². The molecule has 1 aromatic heterocycles. The first kappa shape index (κ1) is 15.3. The highest BCUT2D eigenvalue weighted by Crippen LogP contribution is 2.21. The summed E-state index contributed by atoms with van der Waals surface area (Å²) in [5.74, 6) is 0.403. The highest BCUT2D eigenvalue weighted by Gasteiger charge is 2.21. The topological polar surface area (TPSA) is 17.4 Å². The molecule has 3 rings (SSSR count). The minimum atomic E-state index is -0.175. The van der Waals surface area contributed by atoms with Gasteiger partial charge in [0.2, 0.25) is 0 Å². The smallest absolute Gasteiger partial charge is 0.123 e. The van der Waals surface area contributed by atoms with Gasteiger partial charge < -0.3 is 9.30 Å². The molecule has 0 unspecified atom stereocenters. The maximum absolute atomic E-state index is 13.1. The summed E-state index contributed by atoms with van der Waals surface area (Å²) in [6.07, 6.45) is 3.23. The van der Waals surface area contributed by atoms with Gasteiger partial charge in [0.25, 0.3) is 0 Å². The second kappa shape index (κ2) is 7.07. The molecule has 1 aromatic carbocycles. The van der Waals surface area contributed by atoms with Gasteiger partial charge in [-0.2, -0.15) is 0 Å². The van der Waals surface area contributed by atoms with Gasteiger partial charge in [-0.25, -0.2) is 4.39 Å². The minimum Gasteiger partial charge on any atom is -0.385 e. The van der Waals surface area contributed by atoms with Crippen molar-refractivity contribution in [2.45, 2.75) is 26.1 Å². The molecule has 22 heavy (non-hydrogen) atoms. The molecule has 0 saturated carbocycles. The normalized spacial score (nSPS) is 18.9. The Kier molecular flexibility index (Phi) is 4.90. The van der Waals surface area contributed by atoms with Crippen LogP contribution >= 0.6 is 0 Å².